The highest BCUT2D eigenvalue weighted by atomic mass is 16.5. The van der Waals surface area contributed by atoms with Crippen LogP contribution in [0.1, 0.15) is 36.5 Å². The molecule has 2 N–H and O–H groups in total. The van der Waals surface area contributed by atoms with Crippen LogP contribution in [-0.4, -0.2) is 28.5 Å². The van der Waals surface area contributed by atoms with E-state index in [0.717, 1.165) is 29.1 Å². The van der Waals surface area contributed by atoms with E-state index in [0.29, 0.717) is 6.54 Å². The molecule has 0 atom stereocenters. The zero-order chi connectivity index (χ0) is 16.4. The first-order valence-corrected chi connectivity index (χ1v) is 7.78. The van der Waals surface area contributed by atoms with Crippen molar-refractivity contribution in [1.29, 1.82) is 0 Å². The number of H-pyrrole nitrogens is 1. The fourth-order valence-corrected chi connectivity index (χ4v) is 3.06. The first-order valence-electron chi connectivity index (χ1n) is 7.78. The number of aromatic nitrogens is 2. The van der Waals surface area contributed by atoms with Crippen LogP contribution in [0.25, 0.3) is 0 Å². The molecule has 0 radical (unpaired) electrons. The molecule has 2 aromatic rings. The second-order valence-corrected chi connectivity index (χ2v) is 5.97. The number of nitrogens with one attached hydrogen (secondary N) is 1. The Morgan fingerprint density at radius 2 is 2.22 bits per heavy atom. The lowest BCUT2D eigenvalue weighted by atomic mass is 10.0. The lowest BCUT2D eigenvalue weighted by Gasteiger charge is -2.21. The molecule has 0 saturated carbocycles. The molecule has 0 aliphatic carbocycles. The second kappa shape index (κ2) is 6.42. The molecule has 1 aliphatic rings. The summed E-state index contributed by atoms with van der Waals surface area (Å²) in [6.07, 6.45) is 1.72. The van der Waals surface area contributed by atoms with Crippen LogP contribution in [0.4, 0.5) is 5.69 Å². The van der Waals surface area contributed by atoms with E-state index >= 15 is 0 Å². The summed E-state index contributed by atoms with van der Waals surface area (Å²) in [6.45, 7) is 5.67. The number of aliphatic hydroxyl groups excluding tert-OH is 1. The van der Waals surface area contributed by atoms with Gasteiger partial charge >= 0.3 is 0 Å². The molecule has 0 unspecified atom stereocenters. The van der Waals surface area contributed by atoms with Crippen molar-refractivity contribution >= 4 is 5.69 Å². The topological polar surface area (TPSA) is 78.5 Å². The van der Waals surface area contributed by atoms with Crippen molar-refractivity contribution < 1.29 is 9.84 Å². The van der Waals surface area contributed by atoms with Crippen LogP contribution in [0, 0.1) is 0 Å². The number of rotatable bonds is 5. The lowest BCUT2D eigenvalue weighted by molar-refractivity contribution is 0.200. The molecule has 1 aliphatic heterocycles. The fourth-order valence-electron chi connectivity index (χ4n) is 3.06. The van der Waals surface area contributed by atoms with E-state index in [1.54, 1.807) is 6.20 Å². The average Bonchev–Trinajstić information content (AvgIpc) is 2.96. The Hall–Kier alpha value is -2.34. The van der Waals surface area contributed by atoms with Gasteiger partial charge in [-0.3, -0.25) is 4.79 Å². The molecule has 1 aromatic heterocycles. The quantitative estimate of drug-likeness (QED) is 0.879. The van der Waals surface area contributed by atoms with Crippen molar-refractivity contribution in [2.24, 2.45) is 0 Å². The van der Waals surface area contributed by atoms with Gasteiger partial charge < -0.3 is 14.7 Å². The molecule has 23 heavy (non-hydrogen) atoms. The number of anilines is 1. The maximum atomic E-state index is 12.1. The van der Waals surface area contributed by atoms with E-state index < -0.39 is 0 Å². The van der Waals surface area contributed by atoms with Gasteiger partial charge in [-0.05, 0) is 17.5 Å². The van der Waals surface area contributed by atoms with Gasteiger partial charge in [0.25, 0.3) is 5.56 Å². The zero-order valence-corrected chi connectivity index (χ0v) is 13.4. The van der Waals surface area contributed by atoms with Crippen molar-refractivity contribution in [2.75, 3.05) is 18.1 Å². The van der Waals surface area contributed by atoms with Crippen LogP contribution in [0.3, 0.4) is 0 Å². The molecule has 0 saturated heterocycles. The molecule has 122 valence electrons. The Kier molecular flexibility index (Phi) is 4.34. The van der Waals surface area contributed by atoms with E-state index in [1.807, 2.05) is 26.0 Å². The lowest BCUT2D eigenvalue weighted by Crippen LogP contribution is -2.24. The number of nitrogens with zero attached hydrogens (tertiary/aromatic N) is 2. The Bertz CT molecular complexity index is 755. The Morgan fingerprint density at radius 1 is 1.39 bits per heavy atom. The Balaban J connectivity index is 1.94. The van der Waals surface area contributed by atoms with Gasteiger partial charge in [-0.25, -0.2) is 5.10 Å². The van der Waals surface area contributed by atoms with Gasteiger partial charge in [-0.2, -0.15) is 5.10 Å². The van der Waals surface area contributed by atoms with E-state index in [1.165, 1.54) is 5.56 Å². The van der Waals surface area contributed by atoms with Crippen molar-refractivity contribution in [3.63, 3.8) is 0 Å². The monoisotopic (exact) mass is 315 g/mol. The van der Waals surface area contributed by atoms with Crippen LogP contribution in [0.5, 0.6) is 5.75 Å². The molecule has 3 rings (SSSR count). The average molecular weight is 315 g/mol. The SMILES string of the molecule is CC(C)c1c(N2Cc3cccc(OCCO)c3C2)cn[nH]c1=O. The van der Waals surface area contributed by atoms with E-state index in [2.05, 4.69) is 21.2 Å². The summed E-state index contributed by atoms with van der Waals surface area (Å²) < 4.78 is 5.62. The van der Waals surface area contributed by atoms with Gasteiger partial charge in [0.1, 0.15) is 12.4 Å². The summed E-state index contributed by atoms with van der Waals surface area (Å²) in [5, 5.41) is 15.4. The summed E-state index contributed by atoms with van der Waals surface area (Å²) >= 11 is 0. The summed E-state index contributed by atoms with van der Waals surface area (Å²) in [7, 11) is 0. The molecular formula is C17H21N3O3. The Morgan fingerprint density at radius 3 is 2.96 bits per heavy atom. The molecule has 0 amide bonds. The maximum Gasteiger partial charge on any atom is 0.269 e. The molecule has 0 spiro atoms. The molecular weight excluding hydrogens is 294 g/mol. The van der Waals surface area contributed by atoms with Crippen LogP contribution < -0.4 is 15.2 Å². The van der Waals surface area contributed by atoms with Gasteiger partial charge in [-0.1, -0.05) is 26.0 Å². The van der Waals surface area contributed by atoms with Crippen LogP contribution in [-0.2, 0) is 13.1 Å². The summed E-state index contributed by atoms with van der Waals surface area (Å²) in [5.74, 6) is 0.911. The fraction of sp³-hybridized carbons (Fsp3) is 0.412. The molecule has 2 heterocycles. The third-order valence-corrected chi connectivity index (χ3v) is 4.08. The summed E-state index contributed by atoms with van der Waals surface area (Å²) in [4.78, 5) is 14.3. The first-order chi connectivity index (χ1) is 11.1. The number of aliphatic hydroxyl groups is 1. The first kappa shape index (κ1) is 15.6. The predicted molar refractivity (Wildman–Crippen MR) is 87.9 cm³/mol. The number of fused-ring (bicyclic) bond motifs is 1. The zero-order valence-electron chi connectivity index (χ0n) is 13.4. The van der Waals surface area contributed by atoms with Crippen LogP contribution in [0.15, 0.2) is 29.2 Å². The van der Waals surface area contributed by atoms with Gasteiger partial charge in [-0.15, -0.1) is 0 Å². The molecule has 6 nitrogen and oxygen atoms in total. The van der Waals surface area contributed by atoms with Gasteiger partial charge in [0.2, 0.25) is 0 Å². The number of ether oxygens (including phenoxy) is 1. The highest BCUT2D eigenvalue weighted by molar-refractivity contribution is 5.58. The van der Waals surface area contributed by atoms with Gasteiger partial charge in [0.15, 0.2) is 0 Å². The standard InChI is InChI=1S/C17H21N3O3/c1-11(2)16-14(8-18-19-17(16)22)20-9-12-4-3-5-15(13(12)10-20)23-7-6-21/h3-5,8,11,21H,6-7,9-10H2,1-2H3,(H,19,22). The minimum absolute atomic E-state index is 0.0111. The largest absolute Gasteiger partial charge is 0.491 e. The van der Waals surface area contributed by atoms with Gasteiger partial charge in [0, 0.05) is 24.2 Å². The highest BCUT2D eigenvalue weighted by Gasteiger charge is 2.26. The van der Waals surface area contributed by atoms with Crippen molar-refractivity contribution in [3.05, 3.63) is 51.4 Å². The van der Waals surface area contributed by atoms with Crippen molar-refractivity contribution in [1.82, 2.24) is 10.2 Å². The number of hydrogen-bond acceptors (Lipinski definition) is 5. The summed E-state index contributed by atoms with van der Waals surface area (Å²) in [6, 6.07) is 5.93. The van der Waals surface area contributed by atoms with Crippen LogP contribution >= 0.6 is 0 Å². The normalized spacial score (nSPS) is 13.5. The van der Waals surface area contributed by atoms with Crippen molar-refractivity contribution in [3.8, 4) is 5.75 Å². The predicted octanol–water partition coefficient (Wildman–Crippen LogP) is 1.78. The van der Waals surface area contributed by atoms with Crippen LogP contribution in [0.2, 0.25) is 0 Å². The van der Waals surface area contributed by atoms with E-state index in [9.17, 15) is 4.79 Å². The molecule has 1 aromatic carbocycles. The minimum atomic E-state index is -0.134. The highest BCUT2D eigenvalue weighted by Crippen LogP contribution is 2.35. The summed E-state index contributed by atoms with van der Waals surface area (Å²) in [5.41, 5.74) is 3.77. The second-order valence-electron chi connectivity index (χ2n) is 5.97. The van der Waals surface area contributed by atoms with Crippen molar-refractivity contribution in [2.45, 2.75) is 32.9 Å². The number of aromatic amines is 1. The van der Waals surface area contributed by atoms with E-state index in [-0.39, 0.29) is 24.7 Å². The van der Waals surface area contributed by atoms with Gasteiger partial charge in [0.05, 0.1) is 18.5 Å². The smallest absolute Gasteiger partial charge is 0.269 e. The molecule has 0 fully saturated rings. The Labute approximate surface area is 134 Å². The molecule has 6 heteroatoms. The maximum absolute atomic E-state index is 12.1. The number of hydrogen-bond donors (Lipinski definition) is 2. The number of benzene rings is 1. The molecule has 0 bridgehead atoms. The van der Waals surface area contributed by atoms with E-state index in [4.69, 9.17) is 9.84 Å². The third-order valence-electron chi connectivity index (χ3n) is 4.08. The third kappa shape index (κ3) is 2.94. The minimum Gasteiger partial charge on any atom is -0.491 e.